The first-order valence-electron chi connectivity index (χ1n) is 4.43. The largest absolute Gasteiger partial charge is 0.466 e. The molecule has 0 rings (SSSR count). The van der Waals surface area contributed by atoms with Gasteiger partial charge in [0.2, 0.25) is 0 Å². The normalized spacial score (nSPS) is 10.9. The summed E-state index contributed by atoms with van der Waals surface area (Å²) >= 11 is 5.72. The molecule has 0 spiro atoms. The highest BCUT2D eigenvalue weighted by Gasteiger charge is 2.05. The Balaban J connectivity index is 4.07. The Morgan fingerprint density at radius 3 is 2.57 bits per heavy atom. The molecule has 0 fully saturated rings. The Bertz CT molecular complexity index is 254. The summed E-state index contributed by atoms with van der Waals surface area (Å²) in [4.78, 5) is 11.0. The molecule has 0 aromatic heterocycles. The molecule has 0 N–H and O–H groups in total. The summed E-state index contributed by atoms with van der Waals surface area (Å²) in [5.41, 5.74) is 0.815. The number of ether oxygens (including phenoxy) is 1. The van der Waals surface area contributed by atoms with Crippen LogP contribution in [0.25, 0.3) is 0 Å². The van der Waals surface area contributed by atoms with Gasteiger partial charge in [0.1, 0.15) is 0 Å². The van der Waals surface area contributed by atoms with E-state index in [2.05, 4.69) is 13.2 Å². The molecule has 0 unspecified atom stereocenters. The van der Waals surface area contributed by atoms with E-state index in [4.69, 9.17) is 16.3 Å². The molecule has 0 heterocycles. The third-order valence-corrected chi connectivity index (χ3v) is 1.81. The van der Waals surface area contributed by atoms with Crippen molar-refractivity contribution in [1.29, 1.82) is 0 Å². The average molecular weight is 215 g/mol. The van der Waals surface area contributed by atoms with Crippen LogP contribution in [0.4, 0.5) is 0 Å². The zero-order valence-corrected chi connectivity index (χ0v) is 9.14. The maximum absolute atomic E-state index is 11.0. The highest BCUT2D eigenvalue weighted by molar-refractivity contribution is 6.31. The second kappa shape index (κ2) is 7.39. The first-order chi connectivity index (χ1) is 6.61. The Hall–Kier alpha value is -1.02. The van der Waals surface area contributed by atoms with Gasteiger partial charge in [0, 0.05) is 11.5 Å². The average Bonchev–Trinajstić information content (AvgIpc) is 2.12. The van der Waals surface area contributed by atoms with E-state index in [1.807, 2.05) is 0 Å². The molecule has 0 saturated heterocycles. The van der Waals surface area contributed by atoms with Crippen molar-refractivity contribution in [2.45, 2.75) is 19.8 Å². The van der Waals surface area contributed by atoms with E-state index in [0.29, 0.717) is 24.5 Å². The van der Waals surface area contributed by atoms with Crippen LogP contribution >= 0.6 is 11.6 Å². The second-order valence-electron chi connectivity index (χ2n) is 2.64. The van der Waals surface area contributed by atoms with Crippen molar-refractivity contribution >= 4 is 17.6 Å². The zero-order valence-electron chi connectivity index (χ0n) is 8.38. The van der Waals surface area contributed by atoms with Crippen LogP contribution < -0.4 is 0 Å². The fourth-order valence-electron chi connectivity index (χ4n) is 0.922. The fraction of sp³-hybridized carbons (Fsp3) is 0.364. The summed E-state index contributed by atoms with van der Waals surface area (Å²) < 4.78 is 4.79. The Morgan fingerprint density at radius 1 is 1.50 bits per heavy atom. The Kier molecular flexibility index (Phi) is 6.85. The van der Waals surface area contributed by atoms with E-state index in [1.165, 1.54) is 0 Å². The lowest BCUT2D eigenvalue weighted by atomic mass is 10.1. The number of allylic oxidation sites excluding steroid dienone is 4. The summed E-state index contributed by atoms with van der Waals surface area (Å²) in [7, 11) is 0. The van der Waals surface area contributed by atoms with Gasteiger partial charge in [0.15, 0.2) is 0 Å². The molecule has 78 valence electrons. The molecule has 0 aromatic rings. The molecule has 0 aliphatic rings. The molecule has 14 heavy (non-hydrogen) atoms. The van der Waals surface area contributed by atoms with Crippen LogP contribution in [-0.4, -0.2) is 12.6 Å². The quantitative estimate of drug-likeness (QED) is 0.502. The number of hydrogen-bond donors (Lipinski definition) is 0. The van der Waals surface area contributed by atoms with Crippen LogP contribution in [0.5, 0.6) is 0 Å². The van der Waals surface area contributed by atoms with E-state index in [0.717, 1.165) is 5.57 Å². The lowest BCUT2D eigenvalue weighted by Crippen LogP contribution is -2.03. The number of carbonyl (C=O) groups is 1. The van der Waals surface area contributed by atoms with Crippen molar-refractivity contribution in [3.8, 4) is 0 Å². The molecule has 0 aliphatic carbocycles. The lowest BCUT2D eigenvalue weighted by molar-refractivity contribution is -0.143. The molecule has 0 amide bonds. The van der Waals surface area contributed by atoms with E-state index >= 15 is 0 Å². The molecule has 0 bridgehead atoms. The summed E-state index contributed by atoms with van der Waals surface area (Å²) in [6.07, 6.45) is 4.22. The Labute approximate surface area is 89.9 Å². The van der Waals surface area contributed by atoms with Crippen LogP contribution in [0.2, 0.25) is 0 Å². The summed E-state index contributed by atoms with van der Waals surface area (Å²) in [5.74, 6) is -0.222. The number of esters is 1. The maximum Gasteiger partial charge on any atom is 0.306 e. The van der Waals surface area contributed by atoms with Crippen LogP contribution in [-0.2, 0) is 9.53 Å². The number of carbonyl (C=O) groups excluding carboxylic acids is 1. The van der Waals surface area contributed by atoms with E-state index in [9.17, 15) is 4.79 Å². The molecule has 2 nitrogen and oxygen atoms in total. The molecule has 0 saturated carbocycles. The maximum atomic E-state index is 11.0. The van der Waals surface area contributed by atoms with Gasteiger partial charge >= 0.3 is 5.97 Å². The molecule has 0 aliphatic heterocycles. The van der Waals surface area contributed by atoms with Gasteiger partial charge in [0.25, 0.3) is 0 Å². The van der Waals surface area contributed by atoms with Crippen molar-refractivity contribution in [2.75, 3.05) is 6.61 Å². The van der Waals surface area contributed by atoms with Gasteiger partial charge in [-0.25, -0.2) is 0 Å². The molecule has 0 radical (unpaired) electrons. The predicted octanol–water partition coefficient (Wildman–Crippen LogP) is 3.19. The van der Waals surface area contributed by atoms with E-state index in [-0.39, 0.29) is 5.97 Å². The third kappa shape index (κ3) is 5.60. The van der Waals surface area contributed by atoms with E-state index in [1.54, 1.807) is 19.1 Å². The van der Waals surface area contributed by atoms with Gasteiger partial charge in [-0.15, -0.1) is 0 Å². The van der Waals surface area contributed by atoms with Gasteiger partial charge < -0.3 is 4.74 Å². The SMILES string of the molecule is C=C/C=C(/CCC(=O)OCC)C(=C)Cl. The van der Waals surface area contributed by atoms with Gasteiger partial charge in [0.05, 0.1) is 6.61 Å². The Morgan fingerprint density at radius 2 is 2.14 bits per heavy atom. The smallest absolute Gasteiger partial charge is 0.306 e. The molecule has 0 atom stereocenters. The van der Waals surface area contributed by atoms with Gasteiger partial charge in [-0.2, -0.15) is 0 Å². The van der Waals surface area contributed by atoms with Crippen LogP contribution in [0.1, 0.15) is 19.8 Å². The first-order valence-corrected chi connectivity index (χ1v) is 4.81. The van der Waals surface area contributed by atoms with Crippen LogP contribution in [0.3, 0.4) is 0 Å². The minimum atomic E-state index is -0.222. The predicted molar refractivity (Wildman–Crippen MR) is 59.1 cm³/mol. The van der Waals surface area contributed by atoms with Gasteiger partial charge in [-0.3, -0.25) is 4.79 Å². The fourth-order valence-corrected chi connectivity index (χ4v) is 1.08. The molecular weight excluding hydrogens is 200 g/mol. The van der Waals surface area contributed by atoms with Crippen molar-refractivity contribution in [1.82, 2.24) is 0 Å². The monoisotopic (exact) mass is 214 g/mol. The first kappa shape index (κ1) is 13.0. The second-order valence-corrected chi connectivity index (χ2v) is 3.09. The minimum absolute atomic E-state index is 0.222. The molecule has 3 heteroatoms. The van der Waals surface area contributed by atoms with Gasteiger partial charge in [-0.05, 0) is 18.9 Å². The summed E-state index contributed by atoms with van der Waals surface area (Å²) in [6, 6.07) is 0. The molecular formula is C11H15ClO2. The number of rotatable bonds is 6. The highest BCUT2D eigenvalue weighted by Crippen LogP contribution is 2.18. The van der Waals surface area contributed by atoms with Crippen LogP contribution in [0.15, 0.2) is 35.9 Å². The van der Waals surface area contributed by atoms with Gasteiger partial charge in [-0.1, -0.05) is 36.9 Å². The third-order valence-electron chi connectivity index (χ3n) is 1.57. The van der Waals surface area contributed by atoms with E-state index < -0.39 is 0 Å². The van der Waals surface area contributed by atoms with Crippen LogP contribution in [0, 0.1) is 0 Å². The molecule has 0 aromatic carbocycles. The highest BCUT2D eigenvalue weighted by atomic mass is 35.5. The minimum Gasteiger partial charge on any atom is -0.466 e. The lowest BCUT2D eigenvalue weighted by Gasteiger charge is -2.04. The zero-order chi connectivity index (χ0) is 11.0. The number of hydrogen-bond acceptors (Lipinski definition) is 2. The van der Waals surface area contributed by atoms with Crippen molar-refractivity contribution in [3.05, 3.63) is 35.9 Å². The topological polar surface area (TPSA) is 26.3 Å². The van der Waals surface area contributed by atoms with Crippen molar-refractivity contribution in [2.24, 2.45) is 0 Å². The standard InChI is InChI=1S/C11H15ClO2/c1-4-6-10(9(3)12)7-8-11(13)14-5-2/h4,6H,1,3,5,7-8H2,2H3/b10-6-. The summed E-state index contributed by atoms with van der Waals surface area (Å²) in [6.45, 7) is 9.33. The van der Waals surface area contributed by atoms with Crippen molar-refractivity contribution < 1.29 is 9.53 Å². The number of halogens is 1. The summed E-state index contributed by atoms with van der Waals surface area (Å²) in [5, 5.41) is 0.439. The van der Waals surface area contributed by atoms with Crippen molar-refractivity contribution in [3.63, 3.8) is 0 Å².